The Morgan fingerprint density at radius 1 is 0.652 bits per heavy atom. The molecule has 1 amide bonds. The summed E-state index contributed by atoms with van der Waals surface area (Å²) in [7, 11) is 0. The Morgan fingerprint density at radius 2 is 1.17 bits per heavy atom. The summed E-state index contributed by atoms with van der Waals surface area (Å²) in [6.07, 6.45) is 0. The maximum absolute atomic E-state index is 11.6. The molecule has 0 spiro atoms. The average molecular weight is 344 g/mol. The van der Waals surface area contributed by atoms with E-state index in [0.29, 0.717) is 5.56 Å². The Balaban J connectivity index is 0.000000960. The summed E-state index contributed by atoms with van der Waals surface area (Å²) in [4.78, 5) is 11.6. The normalized spacial score (nSPS) is 10.3. The second-order valence-electron chi connectivity index (χ2n) is 5.29. The molecule has 0 aliphatic rings. The van der Waals surface area contributed by atoms with Crippen molar-refractivity contribution in [3.8, 4) is 0 Å². The summed E-state index contributed by atoms with van der Waals surface area (Å²) in [6.45, 7) is 0. The molecule has 4 rings (SSSR count). The van der Waals surface area contributed by atoms with Crippen LogP contribution in [-0.2, 0) is 0 Å². The molecule has 116 valence electrons. The number of rotatable bonds is 1. The highest BCUT2D eigenvalue weighted by molar-refractivity contribution is 6.11. The van der Waals surface area contributed by atoms with E-state index in [-0.39, 0.29) is 30.7 Å². The number of hydrogen-bond donors (Lipinski definition) is 1. The number of halogens is 2. The van der Waals surface area contributed by atoms with Crippen LogP contribution in [0.1, 0.15) is 10.4 Å². The molecule has 0 fully saturated rings. The molecule has 4 aromatic rings. The monoisotopic (exact) mass is 343 g/mol. The number of nitrogens with two attached hydrogens (primary N) is 1. The van der Waals surface area contributed by atoms with Gasteiger partial charge in [0.25, 0.3) is 0 Å². The minimum Gasteiger partial charge on any atom is -0.366 e. The van der Waals surface area contributed by atoms with Gasteiger partial charge in [-0.2, -0.15) is 0 Å². The van der Waals surface area contributed by atoms with Gasteiger partial charge in [0.1, 0.15) is 0 Å². The lowest BCUT2D eigenvalue weighted by molar-refractivity contribution is 0.100. The van der Waals surface area contributed by atoms with Crippen LogP contribution in [0.15, 0.2) is 66.7 Å². The number of fused-ring (bicyclic) bond motifs is 3. The van der Waals surface area contributed by atoms with E-state index in [1.54, 1.807) is 6.07 Å². The largest absolute Gasteiger partial charge is 0.366 e. The van der Waals surface area contributed by atoms with Crippen molar-refractivity contribution in [1.82, 2.24) is 0 Å². The van der Waals surface area contributed by atoms with Gasteiger partial charge in [-0.3, -0.25) is 4.79 Å². The van der Waals surface area contributed by atoms with E-state index in [2.05, 4.69) is 36.4 Å². The Labute approximate surface area is 146 Å². The average Bonchev–Trinajstić information content (AvgIpc) is 2.50. The van der Waals surface area contributed by atoms with Crippen LogP contribution in [0.25, 0.3) is 32.3 Å². The minimum atomic E-state index is -0.388. The topological polar surface area (TPSA) is 43.1 Å². The molecule has 4 heteroatoms. The van der Waals surface area contributed by atoms with Gasteiger partial charge in [-0.25, -0.2) is 0 Å². The summed E-state index contributed by atoms with van der Waals surface area (Å²) < 4.78 is 0. The van der Waals surface area contributed by atoms with Gasteiger partial charge < -0.3 is 5.73 Å². The SMILES string of the molecule is Cl.Cl.NC(=O)c1cccc2cc3cc4ccccc4cc3cc12. The van der Waals surface area contributed by atoms with Crippen molar-refractivity contribution in [3.05, 3.63) is 72.3 Å². The lowest BCUT2D eigenvalue weighted by atomic mass is 9.97. The molecule has 0 saturated carbocycles. The molecule has 0 aliphatic heterocycles. The second-order valence-corrected chi connectivity index (χ2v) is 5.29. The van der Waals surface area contributed by atoms with E-state index in [9.17, 15) is 4.79 Å². The highest BCUT2D eigenvalue weighted by atomic mass is 35.5. The smallest absolute Gasteiger partial charge is 0.249 e. The third-order valence-electron chi connectivity index (χ3n) is 3.97. The van der Waals surface area contributed by atoms with Crippen LogP contribution in [0.3, 0.4) is 0 Å². The van der Waals surface area contributed by atoms with Gasteiger partial charge in [0.2, 0.25) is 5.91 Å². The van der Waals surface area contributed by atoms with Crippen LogP contribution in [-0.4, -0.2) is 5.91 Å². The van der Waals surface area contributed by atoms with E-state index in [4.69, 9.17) is 5.73 Å². The summed E-state index contributed by atoms with van der Waals surface area (Å²) in [5.74, 6) is -0.388. The zero-order chi connectivity index (χ0) is 14.4. The number of primary amides is 1. The maximum atomic E-state index is 11.6. The van der Waals surface area contributed by atoms with Gasteiger partial charge in [0.15, 0.2) is 0 Å². The number of benzene rings is 4. The van der Waals surface area contributed by atoms with Gasteiger partial charge in [-0.15, -0.1) is 24.8 Å². The molecule has 0 radical (unpaired) electrons. The van der Waals surface area contributed by atoms with E-state index < -0.39 is 0 Å². The van der Waals surface area contributed by atoms with E-state index >= 15 is 0 Å². The first-order chi connectivity index (χ1) is 10.2. The van der Waals surface area contributed by atoms with Crippen LogP contribution < -0.4 is 5.73 Å². The van der Waals surface area contributed by atoms with Crippen molar-refractivity contribution in [2.75, 3.05) is 0 Å². The molecule has 0 unspecified atom stereocenters. The molecule has 0 saturated heterocycles. The molecule has 0 aliphatic carbocycles. The Hall–Kier alpha value is -2.29. The maximum Gasteiger partial charge on any atom is 0.249 e. The van der Waals surface area contributed by atoms with Crippen LogP contribution in [0, 0.1) is 0 Å². The predicted octanol–water partition coefficient (Wildman–Crippen LogP) is 5.09. The molecule has 0 atom stereocenters. The predicted molar refractivity (Wildman–Crippen MR) is 102 cm³/mol. The van der Waals surface area contributed by atoms with Crippen molar-refractivity contribution in [3.63, 3.8) is 0 Å². The first kappa shape index (κ1) is 17.1. The minimum absolute atomic E-state index is 0. The fourth-order valence-corrected chi connectivity index (χ4v) is 2.93. The summed E-state index contributed by atoms with van der Waals surface area (Å²) >= 11 is 0. The second kappa shape index (κ2) is 6.45. The third-order valence-corrected chi connectivity index (χ3v) is 3.97. The quantitative estimate of drug-likeness (QED) is 0.480. The Bertz CT molecular complexity index is 1030. The van der Waals surface area contributed by atoms with Gasteiger partial charge in [0, 0.05) is 5.56 Å². The lowest BCUT2D eigenvalue weighted by Gasteiger charge is -2.07. The molecule has 0 bridgehead atoms. The van der Waals surface area contributed by atoms with Gasteiger partial charge >= 0.3 is 0 Å². The van der Waals surface area contributed by atoms with Crippen molar-refractivity contribution < 1.29 is 4.79 Å². The van der Waals surface area contributed by atoms with Crippen LogP contribution in [0.4, 0.5) is 0 Å². The fourth-order valence-electron chi connectivity index (χ4n) is 2.93. The fraction of sp³-hybridized carbons (Fsp3) is 0. The van der Waals surface area contributed by atoms with Gasteiger partial charge in [-0.05, 0) is 62.6 Å². The third kappa shape index (κ3) is 2.83. The number of carbonyl (C=O) groups is 1. The zero-order valence-corrected chi connectivity index (χ0v) is 13.8. The number of amides is 1. The number of carbonyl (C=O) groups excluding carboxylic acids is 1. The standard InChI is InChI=1S/C19H13NO.2ClH/c20-19(21)17-7-3-6-14-10-15-8-12-4-1-2-5-13(12)9-16(15)11-18(14)17;;/h1-11H,(H2,20,21);2*1H. The first-order valence-electron chi connectivity index (χ1n) is 6.87. The van der Waals surface area contributed by atoms with Crippen LogP contribution in [0.5, 0.6) is 0 Å². The van der Waals surface area contributed by atoms with E-state index in [1.165, 1.54) is 16.2 Å². The van der Waals surface area contributed by atoms with Crippen LogP contribution in [0.2, 0.25) is 0 Å². The van der Waals surface area contributed by atoms with Crippen molar-refractivity contribution >= 4 is 63.0 Å². The summed E-state index contributed by atoms with van der Waals surface area (Å²) in [6, 6.07) is 22.4. The highest BCUT2D eigenvalue weighted by Crippen LogP contribution is 2.28. The molecule has 2 nitrogen and oxygen atoms in total. The first-order valence-corrected chi connectivity index (χ1v) is 6.87. The number of hydrogen-bond acceptors (Lipinski definition) is 1. The van der Waals surface area contributed by atoms with Crippen molar-refractivity contribution in [1.29, 1.82) is 0 Å². The van der Waals surface area contributed by atoms with Crippen molar-refractivity contribution in [2.45, 2.75) is 0 Å². The van der Waals surface area contributed by atoms with Gasteiger partial charge in [-0.1, -0.05) is 36.4 Å². The zero-order valence-electron chi connectivity index (χ0n) is 12.2. The summed E-state index contributed by atoms with van der Waals surface area (Å²) in [5.41, 5.74) is 6.05. The van der Waals surface area contributed by atoms with E-state index in [0.717, 1.165) is 16.2 Å². The van der Waals surface area contributed by atoms with E-state index in [1.807, 2.05) is 24.3 Å². The molecule has 23 heavy (non-hydrogen) atoms. The molecule has 2 N–H and O–H groups in total. The molecular weight excluding hydrogens is 329 g/mol. The molecular formula is C19H15Cl2NO. The lowest BCUT2D eigenvalue weighted by Crippen LogP contribution is -2.11. The molecule has 0 heterocycles. The highest BCUT2D eigenvalue weighted by Gasteiger charge is 2.07. The Kier molecular flexibility index (Phi) is 4.79. The Morgan fingerprint density at radius 3 is 1.78 bits per heavy atom. The van der Waals surface area contributed by atoms with Crippen LogP contribution >= 0.6 is 24.8 Å². The molecule has 4 aromatic carbocycles. The summed E-state index contributed by atoms with van der Waals surface area (Å²) in [5, 5.41) is 6.65. The van der Waals surface area contributed by atoms with Gasteiger partial charge in [0.05, 0.1) is 0 Å². The molecule has 0 aromatic heterocycles. The van der Waals surface area contributed by atoms with Crippen molar-refractivity contribution in [2.24, 2.45) is 5.73 Å².